The van der Waals surface area contributed by atoms with Gasteiger partial charge in [0.15, 0.2) is 5.16 Å². The molecule has 25 heavy (non-hydrogen) atoms. The number of hydrogen-bond acceptors (Lipinski definition) is 6. The van der Waals surface area contributed by atoms with E-state index in [2.05, 4.69) is 15.5 Å². The van der Waals surface area contributed by atoms with Crippen LogP contribution in [0, 0.1) is 5.92 Å². The van der Waals surface area contributed by atoms with Gasteiger partial charge >= 0.3 is 5.97 Å². The molecule has 2 rings (SSSR count). The second kappa shape index (κ2) is 9.22. The molecule has 2 aromatic rings. The zero-order valence-corrected chi connectivity index (χ0v) is 15.3. The van der Waals surface area contributed by atoms with Gasteiger partial charge in [-0.2, -0.15) is 0 Å². The molecule has 0 bridgehead atoms. The first kappa shape index (κ1) is 19.0. The van der Waals surface area contributed by atoms with E-state index in [4.69, 9.17) is 4.74 Å². The number of nitrogens with zero attached hydrogens (tertiary/aromatic N) is 3. The summed E-state index contributed by atoms with van der Waals surface area (Å²) in [4.78, 5) is 24.0. The fourth-order valence-electron chi connectivity index (χ4n) is 2.28. The lowest BCUT2D eigenvalue weighted by Crippen LogP contribution is -2.43. The van der Waals surface area contributed by atoms with Crippen LogP contribution < -0.4 is 5.32 Å². The Labute approximate surface area is 151 Å². The van der Waals surface area contributed by atoms with Gasteiger partial charge in [0.25, 0.3) is 0 Å². The highest BCUT2D eigenvalue weighted by molar-refractivity contribution is 7.99. The van der Waals surface area contributed by atoms with E-state index in [0.29, 0.717) is 11.6 Å². The monoisotopic (exact) mass is 362 g/mol. The van der Waals surface area contributed by atoms with Crippen molar-refractivity contribution in [2.75, 3.05) is 12.9 Å². The second-order valence-corrected chi connectivity index (χ2v) is 6.82. The molecule has 0 spiro atoms. The number of methoxy groups -OCH3 is 1. The predicted octanol–water partition coefficient (Wildman–Crippen LogP) is 2.06. The first-order valence-corrected chi connectivity index (χ1v) is 8.95. The van der Waals surface area contributed by atoms with Gasteiger partial charge in [-0.15, -0.1) is 10.2 Å². The third-order valence-electron chi connectivity index (χ3n) is 3.41. The van der Waals surface area contributed by atoms with Gasteiger partial charge < -0.3 is 10.1 Å². The third kappa shape index (κ3) is 5.60. The summed E-state index contributed by atoms with van der Waals surface area (Å²) in [6, 6.07) is 9.00. The summed E-state index contributed by atoms with van der Waals surface area (Å²) >= 11 is 1.26. The number of aromatic nitrogens is 3. The molecule has 0 saturated carbocycles. The Bertz CT molecular complexity index is 703. The van der Waals surface area contributed by atoms with Crippen molar-refractivity contribution in [3.8, 4) is 5.69 Å². The van der Waals surface area contributed by atoms with E-state index in [-0.39, 0.29) is 17.6 Å². The maximum atomic E-state index is 12.2. The number of benzene rings is 1. The Hall–Kier alpha value is -2.35. The summed E-state index contributed by atoms with van der Waals surface area (Å²) in [5, 5.41) is 11.3. The highest BCUT2D eigenvalue weighted by Crippen LogP contribution is 2.19. The Kier molecular flexibility index (Phi) is 7.00. The number of rotatable bonds is 8. The number of hydrogen-bond donors (Lipinski definition) is 1. The van der Waals surface area contributed by atoms with E-state index < -0.39 is 12.0 Å². The molecule has 7 nitrogen and oxygen atoms in total. The smallest absolute Gasteiger partial charge is 0.328 e. The summed E-state index contributed by atoms with van der Waals surface area (Å²) in [6.07, 6.45) is 2.13. The number of thioether (sulfide) groups is 1. The van der Waals surface area contributed by atoms with Crippen molar-refractivity contribution in [2.24, 2.45) is 5.92 Å². The molecule has 0 aliphatic carbocycles. The Morgan fingerprint density at radius 2 is 2.00 bits per heavy atom. The normalized spacial score (nSPS) is 12.0. The van der Waals surface area contributed by atoms with Crippen molar-refractivity contribution in [3.05, 3.63) is 36.7 Å². The van der Waals surface area contributed by atoms with Gasteiger partial charge in [0, 0.05) is 5.69 Å². The number of nitrogens with one attached hydrogen (secondary N) is 1. The number of carbonyl (C=O) groups excluding carboxylic acids is 2. The van der Waals surface area contributed by atoms with E-state index in [0.717, 1.165) is 5.69 Å². The maximum Gasteiger partial charge on any atom is 0.328 e. The van der Waals surface area contributed by atoms with Crippen LogP contribution in [0.1, 0.15) is 20.3 Å². The third-order valence-corrected chi connectivity index (χ3v) is 4.35. The molecule has 1 aromatic carbocycles. The molecule has 0 aliphatic rings. The Morgan fingerprint density at radius 1 is 1.28 bits per heavy atom. The van der Waals surface area contributed by atoms with Crippen LogP contribution in [0.2, 0.25) is 0 Å². The molecule has 1 N–H and O–H groups in total. The van der Waals surface area contributed by atoms with Crippen LogP contribution >= 0.6 is 11.8 Å². The molecule has 1 heterocycles. The largest absolute Gasteiger partial charge is 0.467 e. The van der Waals surface area contributed by atoms with Crippen LogP contribution in [0.5, 0.6) is 0 Å². The quantitative estimate of drug-likeness (QED) is 0.571. The fourth-order valence-corrected chi connectivity index (χ4v) is 3.02. The first-order valence-electron chi connectivity index (χ1n) is 7.96. The first-order chi connectivity index (χ1) is 12.0. The number of ether oxygens (including phenoxy) is 1. The van der Waals surface area contributed by atoms with Gasteiger partial charge in [-0.25, -0.2) is 4.79 Å². The molecule has 1 amide bonds. The number of carbonyl (C=O) groups is 2. The second-order valence-electron chi connectivity index (χ2n) is 5.88. The van der Waals surface area contributed by atoms with Gasteiger partial charge in [-0.05, 0) is 24.5 Å². The SMILES string of the molecule is COC(=O)[C@H](CC(C)C)NC(=O)CSc1nncn1-c1ccccc1. The average molecular weight is 362 g/mol. The molecular weight excluding hydrogens is 340 g/mol. The minimum Gasteiger partial charge on any atom is -0.467 e. The lowest BCUT2D eigenvalue weighted by Gasteiger charge is -2.18. The zero-order chi connectivity index (χ0) is 18.2. The van der Waals surface area contributed by atoms with Crippen molar-refractivity contribution in [3.63, 3.8) is 0 Å². The standard InChI is InChI=1S/C17H22N4O3S/c1-12(2)9-14(16(23)24-3)19-15(22)10-25-17-20-18-11-21(17)13-7-5-4-6-8-13/h4-8,11-12,14H,9-10H2,1-3H3,(H,19,22)/t14-/m0/s1. The van der Waals surface area contributed by atoms with Crippen molar-refractivity contribution >= 4 is 23.6 Å². The van der Waals surface area contributed by atoms with E-state index >= 15 is 0 Å². The van der Waals surface area contributed by atoms with Crippen LogP contribution in [-0.2, 0) is 14.3 Å². The highest BCUT2D eigenvalue weighted by atomic mass is 32.2. The van der Waals surface area contributed by atoms with E-state index in [1.165, 1.54) is 18.9 Å². The van der Waals surface area contributed by atoms with Crippen molar-refractivity contribution in [1.82, 2.24) is 20.1 Å². The van der Waals surface area contributed by atoms with E-state index in [1.54, 1.807) is 6.33 Å². The van der Waals surface area contributed by atoms with Crippen LogP contribution in [0.25, 0.3) is 5.69 Å². The van der Waals surface area contributed by atoms with Crippen molar-refractivity contribution in [2.45, 2.75) is 31.5 Å². The molecule has 0 saturated heterocycles. The number of para-hydroxylation sites is 1. The van der Waals surface area contributed by atoms with Gasteiger partial charge in [0.1, 0.15) is 12.4 Å². The van der Waals surface area contributed by atoms with Crippen LogP contribution in [-0.4, -0.2) is 45.5 Å². The Morgan fingerprint density at radius 3 is 2.64 bits per heavy atom. The number of amides is 1. The van der Waals surface area contributed by atoms with E-state index in [1.807, 2.05) is 48.7 Å². The molecule has 0 unspecified atom stereocenters. The van der Waals surface area contributed by atoms with Crippen LogP contribution in [0.3, 0.4) is 0 Å². The van der Waals surface area contributed by atoms with Crippen LogP contribution in [0.4, 0.5) is 0 Å². The molecule has 1 aromatic heterocycles. The summed E-state index contributed by atoms with van der Waals surface area (Å²) in [5.41, 5.74) is 0.919. The molecule has 0 aliphatic heterocycles. The molecule has 134 valence electrons. The molecule has 8 heteroatoms. The minimum atomic E-state index is -0.634. The van der Waals surface area contributed by atoms with E-state index in [9.17, 15) is 9.59 Å². The summed E-state index contributed by atoms with van der Waals surface area (Å²) in [7, 11) is 1.32. The zero-order valence-electron chi connectivity index (χ0n) is 14.5. The maximum absolute atomic E-state index is 12.2. The van der Waals surface area contributed by atoms with Gasteiger partial charge in [-0.3, -0.25) is 9.36 Å². The Balaban J connectivity index is 1.96. The summed E-state index contributed by atoms with van der Waals surface area (Å²) < 4.78 is 6.56. The van der Waals surface area contributed by atoms with Gasteiger partial charge in [0.05, 0.1) is 12.9 Å². The summed E-state index contributed by atoms with van der Waals surface area (Å²) in [6.45, 7) is 3.97. The van der Waals surface area contributed by atoms with Gasteiger partial charge in [-0.1, -0.05) is 43.8 Å². The topological polar surface area (TPSA) is 86.1 Å². The van der Waals surface area contributed by atoms with Crippen molar-refractivity contribution in [1.29, 1.82) is 0 Å². The average Bonchev–Trinajstić information content (AvgIpc) is 3.07. The molecule has 0 fully saturated rings. The highest BCUT2D eigenvalue weighted by Gasteiger charge is 2.22. The summed E-state index contributed by atoms with van der Waals surface area (Å²) in [5.74, 6) is -0.279. The lowest BCUT2D eigenvalue weighted by molar-refractivity contribution is -0.145. The fraction of sp³-hybridized carbons (Fsp3) is 0.412. The lowest BCUT2D eigenvalue weighted by atomic mass is 10.0. The molecule has 0 radical (unpaired) electrons. The van der Waals surface area contributed by atoms with Crippen LogP contribution in [0.15, 0.2) is 41.8 Å². The number of esters is 1. The predicted molar refractivity (Wildman–Crippen MR) is 95.5 cm³/mol. The minimum absolute atomic E-state index is 0.136. The van der Waals surface area contributed by atoms with Crippen molar-refractivity contribution < 1.29 is 14.3 Å². The molecular formula is C17H22N4O3S. The molecule has 1 atom stereocenters. The van der Waals surface area contributed by atoms with Gasteiger partial charge in [0.2, 0.25) is 5.91 Å².